The number of aryl methyl sites for hydroxylation is 1. The highest BCUT2D eigenvalue weighted by atomic mass is 79.9. The van der Waals surface area contributed by atoms with E-state index in [0.29, 0.717) is 19.4 Å². The molecule has 0 spiro atoms. The zero-order valence-corrected chi connectivity index (χ0v) is 17.4. The minimum Gasteiger partial charge on any atom is -0.492 e. The van der Waals surface area contributed by atoms with Crippen molar-refractivity contribution >= 4 is 33.2 Å². The van der Waals surface area contributed by atoms with Crippen LogP contribution in [-0.4, -0.2) is 25.6 Å². The van der Waals surface area contributed by atoms with Crippen LogP contribution in [0.3, 0.4) is 0 Å². The first-order chi connectivity index (χ1) is 13.1. The summed E-state index contributed by atoms with van der Waals surface area (Å²) >= 11 is 3.50. The van der Waals surface area contributed by atoms with E-state index in [0.717, 1.165) is 29.0 Å². The largest absolute Gasteiger partial charge is 0.492 e. The van der Waals surface area contributed by atoms with Gasteiger partial charge in [0.25, 0.3) is 0 Å². The molecule has 0 aliphatic carbocycles. The lowest BCUT2D eigenvalue weighted by Crippen LogP contribution is -2.29. The van der Waals surface area contributed by atoms with Gasteiger partial charge in [-0.2, -0.15) is 0 Å². The summed E-state index contributed by atoms with van der Waals surface area (Å²) in [6.07, 6.45) is 4.98. The van der Waals surface area contributed by atoms with Crippen molar-refractivity contribution in [2.45, 2.75) is 39.0 Å². The maximum atomic E-state index is 12.1. The van der Waals surface area contributed by atoms with Gasteiger partial charge in [0.15, 0.2) is 0 Å². The van der Waals surface area contributed by atoms with Crippen molar-refractivity contribution in [3.05, 3.63) is 52.5 Å². The number of piperidine rings is 1. The molecule has 0 saturated carbocycles. The van der Waals surface area contributed by atoms with Gasteiger partial charge in [0.1, 0.15) is 5.75 Å². The average molecular weight is 431 g/mol. The Morgan fingerprint density at radius 3 is 2.56 bits per heavy atom. The Labute approximate surface area is 170 Å². The number of nitrogens with one attached hydrogen (secondary N) is 1. The van der Waals surface area contributed by atoms with Crippen LogP contribution in [-0.2, 0) is 4.79 Å². The Kier molecular flexibility index (Phi) is 7.16. The Morgan fingerprint density at radius 1 is 1.11 bits per heavy atom. The summed E-state index contributed by atoms with van der Waals surface area (Å²) in [5.41, 5.74) is 3.27. The molecule has 1 saturated heterocycles. The third kappa shape index (κ3) is 5.99. The molecular formula is C22H27BrN2O2. The molecule has 5 heteroatoms. The molecule has 0 unspecified atom stereocenters. The Balaban J connectivity index is 1.40. The van der Waals surface area contributed by atoms with Gasteiger partial charge in [0, 0.05) is 30.9 Å². The van der Waals surface area contributed by atoms with Crippen molar-refractivity contribution in [3.63, 3.8) is 0 Å². The zero-order chi connectivity index (χ0) is 19.1. The van der Waals surface area contributed by atoms with Crippen LogP contribution in [0.2, 0.25) is 0 Å². The molecule has 2 aromatic rings. The molecule has 1 aliphatic rings. The van der Waals surface area contributed by atoms with Crippen molar-refractivity contribution in [1.29, 1.82) is 0 Å². The van der Waals surface area contributed by atoms with Crippen molar-refractivity contribution in [2.24, 2.45) is 0 Å². The molecule has 144 valence electrons. The van der Waals surface area contributed by atoms with Crippen LogP contribution in [0.1, 0.15) is 37.7 Å². The van der Waals surface area contributed by atoms with Crippen molar-refractivity contribution in [3.8, 4) is 5.75 Å². The number of carbonyl (C=O) groups excluding carboxylic acids is 1. The molecule has 2 aromatic carbocycles. The van der Waals surface area contributed by atoms with E-state index in [9.17, 15) is 4.79 Å². The Bertz CT molecular complexity index is 755. The fraction of sp³-hybridized carbons (Fsp3) is 0.409. The minimum absolute atomic E-state index is 0.0206. The van der Waals surface area contributed by atoms with Crippen LogP contribution in [0.25, 0.3) is 0 Å². The summed E-state index contributed by atoms with van der Waals surface area (Å²) in [6.45, 7) is 4.81. The summed E-state index contributed by atoms with van der Waals surface area (Å²) in [5.74, 6) is 0.835. The fourth-order valence-electron chi connectivity index (χ4n) is 3.27. The number of hydrogen-bond acceptors (Lipinski definition) is 3. The standard InChI is InChI=1S/C22H27BrN2O2/c1-17-7-12-21(20(23)16-17)27-15-5-6-22(26)24-18-8-10-19(11-9-18)25-13-3-2-4-14-25/h7-12,16H,2-6,13-15H2,1H3,(H,24,26). The normalized spacial score (nSPS) is 14.1. The SMILES string of the molecule is Cc1ccc(OCCCC(=O)Nc2ccc(N3CCCCC3)cc2)c(Br)c1. The molecule has 3 rings (SSSR count). The number of nitrogens with zero attached hydrogens (tertiary/aromatic N) is 1. The van der Waals surface area contributed by atoms with Crippen molar-refractivity contribution in [1.82, 2.24) is 0 Å². The quantitative estimate of drug-likeness (QED) is 0.585. The lowest BCUT2D eigenvalue weighted by Gasteiger charge is -2.28. The van der Waals surface area contributed by atoms with Gasteiger partial charge < -0.3 is 15.0 Å². The summed E-state index contributed by atoms with van der Waals surface area (Å²) in [7, 11) is 0. The number of rotatable bonds is 7. The number of hydrogen-bond donors (Lipinski definition) is 1. The molecule has 0 aromatic heterocycles. The maximum absolute atomic E-state index is 12.1. The van der Waals surface area contributed by atoms with Gasteiger partial charge in [-0.15, -0.1) is 0 Å². The van der Waals surface area contributed by atoms with Gasteiger partial charge in [-0.1, -0.05) is 6.07 Å². The third-order valence-electron chi connectivity index (χ3n) is 4.77. The van der Waals surface area contributed by atoms with Crippen molar-refractivity contribution in [2.75, 3.05) is 29.9 Å². The van der Waals surface area contributed by atoms with Crippen molar-refractivity contribution < 1.29 is 9.53 Å². The van der Waals surface area contributed by atoms with Gasteiger partial charge in [-0.05, 0) is 90.5 Å². The van der Waals surface area contributed by atoms with Crippen LogP contribution in [0, 0.1) is 6.92 Å². The molecule has 0 radical (unpaired) electrons. The fourth-order valence-corrected chi connectivity index (χ4v) is 3.88. The average Bonchev–Trinajstić information content (AvgIpc) is 2.68. The van der Waals surface area contributed by atoms with E-state index in [1.807, 2.05) is 37.3 Å². The molecule has 0 bridgehead atoms. The first-order valence-corrected chi connectivity index (χ1v) is 10.4. The van der Waals surface area contributed by atoms with Crippen LogP contribution < -0.4 is 15.0 Å². The summed E-state index contributed by atoms with van der Waals surface area (Å²) < 4.78 is 6.69. The van der Waals surface area contributed by atoms with Gasteiger partial charge in [-0.3, -0.25) is 4.79 Å². The van der Waals surface area contributed by atoms with E-state index in [4.69, 9.17) is 4.74 Å². The molecule has 4 nitrogen and oxygen atoms in total. The number of amides is 1. The van der Waals surface area contributed by atoms with Gasteiger partial charge in [-0.25, -0.2) is 0 Å². The van der Waals surface area contributed by atoms with E-state index in [1.54, 1.807) is 0 Å². The molecule has 1 N–H and O–H groups in total. The number of carbonyl (C=O) groups is 1. The molecule has 27 heavy (non-hydrogen) atoms. The van der Waals surface area contributed by atoms with Crippen LogP contribution in [0.15, 0.2) is 46.9 Å². The monoisotopic (exact) mass is 430 g/mol. The molecular weight excluding hydrogens is 404 g/mol. The molecule has 1 heterocycles. The van der Waals surface area contributed by atoms with Crippen LogP contribution in [0.5, 0.6) is 5.75 Å². The van der Waals surface area contributed by atoms with Gasteiger partial charge in [0.05, 0.1) is 11.1 Å². The Morgan fingerprint density at radius 2 is 1.85 bits per heavy atom. The van der Waals surface area contributed by atoms with E-state index in [-0.39, 0.29) is 5.91 Å². The third-order valence-corrected chi connectivity index (χ3v) is 5.39. The summed E-state index contributed by atoms with van der Waals surface area (Å²) in [6, 6.07) is 14.2. The topological polar surface area (TPSA) is 41.6 Å². The lowest BCUT2D eigenvalue weighted by atomic mass is 10.1. The van der Waals surface area contributed by atoms with E-state index < -0.39 is 0 Å². The van der Waals surface area contributed by atoms with Crippen LogP contribution in [0.4, 0.5) is 11.4 Å². The highest BCUT2D eigenvalue weighted by Crippen LogP contribution is 2.26. The van der Waals surface area contributed by atoms with E-state index in [2.05, 4.69) is 38.3 Å². The molecule has 1 amide bonds. The summed E-state index contributed by atoms with van der Waals surface area (Å²) in [5, 5.41) is 2.97. The first-order valence-electron chi connectivity index (χ1n) is 9.65. The smallest absolute Gasteiger partial charge is 0.224 e. The highest BCUT2D eigenvalue weighted by Gasteiger charge is 2.11. The zero-order valence-electron chi connectivity index (χ0n) is 15.8. The second kappa shape index (κ2) is 9.79. The second-order valence-corrected chi connectivity index (χ2v) is 7.88. The number of benzene rings is 2. The van der Waals surface area contributed by atoms with Crippen LogP contribution >= 0.6 is 15.9 Å². The van der Waals surface area contributed by atoms with E-state index >= 15 is 0 Å². The van der Waals surface area contributed by atoms with E-state index in [1.165, 1.54) is 30.5 Å². The maximum Gasteiger partial charge on any atom is 0.224 e. The minimum atomic E-state index is 0.0206. The van der Waals surface area contributed by atoms with Gasteiger partial charge >= 0.3 is 0 Å². The number of anilines is 2. The predicted molar refractivity (Wildman–Crippen MR) is 115 cm³/mol. The highest BCUT2D eigenvalue weighted by molar-refractivity contribution is 9.10. The number of halogens is 1. The second-order valence-electron chi connectivity index (χ2n) is 7.03. The molecule has 1 fully saturated rings. The molecule has 0 atom stereocenters. The lowest BCUT2D eigenvalue weighted by molar-refractivity contribution is -0.116. The Hall–Kier alpha value is -2.01. The summed E-state index contributed by atoms with van der Waals surface area (Å²) in [4.78, 5) is 14.5. The van der Waals surface area contributed by atoms with Gasteiger partial charge in [0.2, 0.25) is 5.91 Å². The molecule has 1 aliphatic heterocycles. The predicted octanol–water partition coefficient (Wildman–Crippen LogP) is 5.55. The number of ether oxygens (including phenoxy) is 1. The first kappa shape index (κ1) is 19.7.